The molecular formula is C18H13ClN6O3S. The Labute approximate surface area is 174 Å². The number of aromatic nitrogens is 3. The van der Waals surface area contributed by atoms with E-state index in [9.17, 15) is 10.1 Å². The maximum atomic E-state index is 11.8. The lowest BCUT2D eigenvalue weighted by molar-refractivity contribution is -0.499. The van der Waals surface area contributed by atoms with Crippen LogP contribution >= 0.6 is 23.4 Å². The first-order valence-corrected chi connectivity index (χ1v) is 9.93. The molecule has 3 aromatic rings. The number of rotatable bonds is 3. The molecule has 1 aromatic heterocycles. The van der Waals surface area contributed by atoms with E-state index in [0.717, 1.165) is 17.4 Å². The van der Waals surface area contributed by atoms with Gasteiger partial charge >= 0.3 is 0 Å². The lowest BCUT2D eigenvalue weighted by atomic mass is 10.0. The Morgan fingerprint density at radius 3 is 2.76 bits per heavy atom. The second-order valence-corrected chi connectivity index (χ2v) is 8.01. The van der Waals surface area contributed by atoms with Crippen LogP contribution in [-0.4, -0.2) is 30.6 Å². The van der Waals surface area contributed by atoms with Crippen LogP contribution in [0.1, 0.15) is 12.1 Å². The SMILES string of the molecule is O=[N+]([O-])C1CC2(c3cnn(-c4ccccc4)n3)ON=C(Cl)N2c2ccccc2S1. The number of hydrogen-bond donors (Lipinski definition) is 0. The van der Waals surface area contributed by atoms with Gasteiger partial charge in [0, 0.05) is 9.82 Å². The summed E-state index contributed by atoms with van der Waals surface area (Å²) in [5.74, 6) is 0. The Morgan fingerprint density at radius 1 is 1.21 bits per heavy atom. The Morgan fingerprint density at radius 2 is 1.97 bits per heavy atom. The Kier molecular flexibility index (Phi) is 4.18. The molecule has 5 rings (SSSR count). The molecule has 0 saturated carbocycles. The van der Waals surface area contributed by atoms with Crippen molar-refractivity contribution >= 4 is 34.3 Å². The number of benzene rings is 2. The van der Waals surface area contributed by atoms with Crippen molar-refractivity contribution in [1.82, 2.24) is 15.0 Å². The van der Waals surface area contributed by atoms with Crippen molar-refractivity contribution in [3.63, 3.8) is 0 Å². The zero-order valence-electron chi connectivity index (χ0n) is 14.8. The third-order valence-electron chi connectivity index (χ3n) is 4.75. The summed E-state index contributed by atoms with van der Waals surface area (Å²) in [6.45, 7) is 0. The van der Waals surface area contributed by atoms with Gasteiger partial charge in [-0.15, -0.1) is 5.10 Å². The number of nitro groups is 1. The summed E-state index contributed by atoms with van der Waals surface area (Å²) in [4.78, 5) is 21.0. The normalized spacial score (nSPS) is 22.9. The zero-order valence-corrected chi connectivity index (χ0v) is 16.3. The maximum absolute atomic E-state index is 11.8. The average Bonchev–Trinajstić information content (AvgIpc) is 3.31. The molecule has 0 bridgehead atoms. The van der Waals surface area contributed by atoms with Crippen LogP contribution in [0.3, 0.4) is 0 Å². The molecule has 0 spiro atoms. The van der Waals surface area contributed by atoms with Crippen LogP contribution in [0.2, 0.25) is 0 Å². The maximum Gasteiger partial charge on any atom is 0.270 e. The zero-order chi connectivity index (χ0) is 20.0. The molecule has 0 N–H and O–H groups in total. The molecule has 146 valence electrons. The van der Waals surface area contributed by atoms with Gasteiger partial charge in [-0.05, 0) is 47.6 Å². The Hall–Kier alpha value is -3.11. The summed E-state index contributed by atoms with van der Waals surface area (Å²) in [5, 5.41) is 23.7. The number of nitrogens with zero attached hydrogens (tertiary/aromatic N) is 6. The van der Waals surface area contributed by atoms with Crippen molar-refractivity contribution in [3.8, 4) is 5.69 Å². The molecule has 2 aliphatic rings. The van der Waals surface area contributed by atoms with Crippen LogP contribution in [0, 0.1) is 10.1 Å². The monoisotopic (exact) mass is 428 g/mol. The summed E-state index contributed by atoms with van der Waals surface area (Å²) >= 11 is 7.55. The lowest BCUT2D eigenvalue weighted by Gasteiger charge is -2.33. The van der Waals surface area contributed by atoms with Gasteiger partial charge in [0.25, 0.3) is 11.1 Å². The molecule has 2 atom stereocenters. The number of para-hydroxylation sites is 2. The van der Waals surface area contributed by atoms with Crippen LogP contribution in [0.5, 0.6) is 0 Å². The average molecular weight is 429 g/mol. The summed E-state index contributed by atoms with van der Waals surface area (Å²) in [6, 6.07) is 16.6. The van der Waals surface area contributed by atoms with Gasteiger partial charge in [0.2, 0.25) is 5.29 Å². The van der Waals surface area contributed by atoms with Crippen molar-refractivity contribution in [3.05, 3.63) is 76.6 Å². The first-order chi connectivity index (χ1) is 14.1. The molecule has 0 aliphatic carbocycles. The summed E-state index contributed by atoms with van der Waals surface area (Å²) in [7, 11) is 0. The van der Waals surface area contributed by atoms with Crippen LogP contribution in [0.25, 0.3) is 5.69 Å². The molecule has 2 aliphatic heterocycles. The van der Waals surface area contributed by atoms with Crippen LogP contribution in [0.4, 0.5) is 5.69 Å². The molecule has 0 amide bonds. The predicted octanol–water partition coefficient (Wildman–Crippen LogP) is 3.57. The van der Waals surface area contributed by atoms with Crippen molar-refractivity contribution in [1.29, 1.82) is 0 Å². The van der Waals surface area contributed by atoms with Gasteiger partial charge in [0.1, 0.15) is 0 Å². The number of oxime groups is 1. The van der Waals surface area contributed by atoms with Gasteiger partial charge in [0.05, 0.1) is 24.0 Å². The number of anilines is 1. The highest BCUT2D eigenvalue weighted by molar-refractivity contribution is 7.99. The van der Waals surface area contributed by atoms with E-state index in [-0.39, 0.29) is 16.6 Å². The number of hydrogen-bond acceptors (Lipinski definition) is 8. The van der Waals surface area contributed by atoms with Crippen molar-refractivity contribution in [2.24, 2.45) is 5.16 Å². The first kappa shape index (κ1) is 18.0. The van der Waals surface area contributed by atoms with Crippen molar-refractivity contribution < 1.29 is 9.76 Å². The molecule has 0 radical (unpaired) electrons. The standard InChI is InChI=1S/C18H13ClN6O3S/c19-17-22-28-18(15-11-20-24(21-15)12-6-2-1-3-7-12)10-16(25(26)27)29-14-9-5-4-8-13(14)23(17)18/h1-9,11,16H,10H2. The molecule has 11 heteroatoms. The molecular weight excluding hydrogens is 416 g/mol. The third kappa shape index (κ3) is 2.83. The molecule has 2 unspecified atom stereocenters. The van der Waals surface area contributed by atoms with E-state index < -0.39 is 11.1 Å². The Bertz CT molecular complexity index is 1120. The van der Waals surface area contributed by atoms with Crippen LogP contribution in [-0.2, 0) is 10.6 Å². The van der Waals surface area contributed by atoms with E-state index in [1.807, 2.05) is 54.6 Å². The third-order valence-corrected chi connectivity index (χ3v) is 6.20. The highest BCUT2D eigenvalue weighted by Gasteiger charge is 2.57. The highest BCUT2D eigenvalue weighted by atomic mass is 35.5. The van der Waals surface area contributed by atoms with Crippen LogP contribution in [0.15, 0.2) is 70.8 Å². The van der Waals surface area contributed by atoms with E-state index >= 15 is 0 Å². The minimum atomic E-state index is -1.37. The second kappa shape index (κ2) is 6.75. The van der Waals surface area contributed by atoms with Crippen LogP contribution < -0.4 is 4.90 Å². The van der Waals surface area contributed by atoms with E-state index in [1.165, 1.54) is 11.0 Å². The van der Waals surface area contributed by atoms with Gasteiger partial charge in [-0.3, -0.25) is 15.0 Å². The van der Waals surface area contributed by atoms with Gasteiger partial charge in [-0.2, -0.15) is 9.90 Å². The van der Waals surface area contributed by atoms with Gasteiger partial charge in [-0.25, -0.2) is 0 Å². The quantitative estimate of drug-likeness (QED) is 0.357. The summed E-state index contributed by atoms with van der Waals surface area (Å²) in [5.41, 5.74) is 0.426. The smallest absolute Gasteiger partial charge is 0.270 e. The fourth-order valence-corrected chi connectivity index (χ4v) is 4.83. The molecule has 0 saturated heterocycles. The van der Waals surface area contributed by atoms with Gasteiger partial charge < -0.3 is 4.84 Å². The Balaban J connectivity index is 1.67. The molecule has 3 heterocycles. The number of thioether (sulfide) groups is 1. The second-order valence-electron chi connectivity index (χ2n) is 6.46. The fraction of sp³-hybridized carbons (Fsp3) is 0.167. The van der Waals surface area contributed by atoms with E-state index in [2.05, 4.69) is 15.4 Å². The summed E-state index contributed by atoms with van der Waals surface area (Å²) < 4.78 is 0. The van der Waals surface area contributed by atoms with Crippen molar-refractivity contribution in [2.45, 2.75) is 22.4 Å². The number of amidine groups is 1. The number of halogens is 1. The first-order valence-electron chi connectivity index (χ1n) is 8.68. The molecule has 2 aromatic carbocycles. The summed E-state index contributed by atoms with van der Waals surface area (Å²) in [6.07, 6.45) is 1.51. The predicted molar refractivity (Wildman–Crippen MR) is 108 cm³/mol. The topological polar surface area (TPSA) is 98.7 Å². The lowest BCUT2D eigenvalue weighted by Crippen LogP contribution is -2.47. The van der Waals surface area contributed by atoms with Crippen molar-refractivity contribution in [2.75, 3.05) is 4.90 Å². The largest absolute Gasteiger partial charge is 0.357 e. The molecule has 29 heavy (non-hydrogen) atoms. The minimum absolute atomic E-state index is 0.0213. The van der Waals surface area contributed by atoms with E-state index in [4.69, 9.17) is 16.4 Å². The number of fused-ring (bicyclic) bond motifs is 3. The van der Waals surface area contributed by atoms with Gasteiger partial charge in [0.15, 0.2) is 5.69 Å². The van der Waals surface area contributed by atoms with E-state index in [0.29, 0.717) is 16.3 Å². The highest BCUT2D eigenvalue weighted by Crippen LogP contribution is 2.51. The fourth-order valence-electron chi connectivity index (χ4n) is 3.44. The molecule has 9 nitrogen and oxygen atoms in total. The van der Waals surface area contributed by atoms with Gasteiger partial charge in [-0.1, -0.05) is 35.5 Å². The molecule has 0 fully saturated rings. The van der Waals surface area contributed by atoms with E-state index in [1.54, 1.807) is 4.90 Å². The minimum Gasteiger partial charge on any atom is -0.357 e.